The lowest BCUT2D eigenvalue weighted by Gasteiger charge is -2.12. The van der Waals surface area contributed by atoms with Crippen LogP contribution >= 0.6 is 0 Å². The third-order valence-corrected chi connectivity index (χ3v) is 5.75. The second-order valence-electron chi connectivity index (χ2n) is 8.49. The molecule has 0 aliphatic heterocycles. The first-order valence-electron chi connectivity index (χ1n) is 12.1. The quantitative estimate of drug-likeness (QED) is 0.250. The van der Waals surface area contributed by atoms with Crippen LogP contribution in [0.4, 0.5) is 21.9 Å². The van der Waals surface area contributed by atoms with Crippen molar-refractivity contribution in [2.45, 2.75) is 33.1 Å². The molecule has 4 rings (SSSR count). The maximum Gasteiger partial charge on any atom is 0.319 e. The molecule has 0 bridgehead atoms. The first-order valence-corrected chi connectivity index (χ1v) is 12.1. The predicted molar refractivity (Wildman–Crippen MR) is 142 cm³/mol. The van der Waals surface area contributed by atoms with Gasteiger partial charge in [0.25, 0.3) is 0 Å². The molecule has 0 aliphatic rings. The highest BCUT2D eigenvalue weighted by molar-refractivity contribution is 5.95. The fraction of sp³-hybridized carbons (Fsp3) is 0.214. The zero-order chi connectivity index (χ0) is 26.2. The van der Waals surface area contributed by atoms with Crippen LogP contribution in [-0.4, -0.2) is 28.0 Å². The van der Waals surface area contributed by atoms with Crippen LogP contribution in [0.1, 0.15) is 37.3 Å². The first kappa shape index (κ1) is 25.3. The molecule has 0 atom stereocenters. The monoisotopic (exact) mass is 496 g/mol. The molecule has 2 amide bonds. The van der Waals surface area contributed by atoms with Gasteiger partial charge in [-0.2, -0.15) is 10.4 Å². The lowest BCUT2D eigenvalue weighted by atomic mass is 10.1. The molecule has 0 spiro atoms. The Morgan fingerprint density at radius 3 is 2.49 bits per heavy atom. The summed E-state index contributed by atoms with van der Waals surface area (Å²) in [7, 11) is 0. The van der Waals surface area contributed by atoms with Crippen molar-refractivity contribution in [1.29, 1.82) is 5.26 Å². The summed E-state index contributed by atoms with van der Waals surface area (Å²) in [5.74, 6) is 1.55. The average Bonchev–Trinajstić information content (AvgIpc) is 3.21. The number of Topliss-reactive ketones (excluding diaryl/α,β-unsaturated/α-hetero) is 1. The van der Waals surface area contributed by atoms with E-state index in [0.717, 1.165) is 23.4 Å². The summed E-state index contributed by atoms with van der Waals surface area (Å²) < 4.78 is 7.47. The lowest BCUT2D eigenvalue weighted by Crippen LogP contribution is -2.30. The second-order valence-corrected chi connectivity index (χ2v) is 8.49. The summed E-state index contributed by atoms with van der Waals surface area (Å²) in [4.78, 5) is 24.1. The van der Waals surface area contributed by atoms with E-state index in [1.165, 1.54) is 6.20 Å². The molecule has 0 radical (unpaired) electrons. The van der Waals surface area contributed by atoms with Gasteiger partial charge in [0, 0.05) is 30.6 Å². The maximum atomic E-state index is 12.4. The van der Waals surface area contributed by atoms with Crippen LogP contribution in [-0.2, 0) is 4.79 Å². The van der Waals surface area contributed by atoms with Crippen LogP contribution in [0.5, 0.6) is 11.5 Å². The molecule has 37 heavy (non-hydrogen) atoms. The molecule has 2 heterocycles. The van der Waals surface area contributed by atoms with Crippen LogP contribution in [0.3, 0.4) is 0 Å². The van der Waals surface area contributed by atoms with Gasteiger partial charge in [0.15, 0.2) is 0 Å². The number of aryl methyl sites for hydroxylation is 1. The number of nitrogens with zero attached hydrogens (tertiary/aromatic N) is 3. The number of carbonyl (C=O) groups is 2. The van der Waals surface area contributed by atoms with E-state index >= 15 is 0 Å². The number of hydrogen-bond donors (Lipinski definition) is 3. The maximum absolute atomic E-state index is 12.4. The summed E-state index contributed by atoms with van der Waals surface area (Å²) in [6.45, 7) is 4.06. The molecule has 0 unspecified atom stereocenters. The number of aromatic nitrogens is 2. The Kier molecular flexibility index (Phi) is 8.01. The second kappa shape index (κ2) is 11.7. The predicted octanol–water partition coefficient (Wildman–Crippen LogP) is 5.93. The van der Waals surface area contributed by atoms with Gasteiger partial charge in [0.05, 0.1) is 34.8 Å². The van der Waals surface area contributed by atoms with Crippen LogP contribution < -0.4 is 20.7 Å². The van der Waals surface area contributed by atoms with E-state index in [2.05, 4.69) is 27.1 Å². The van der Waals surface area contributed by atoms with Gasteiger partial charge in [-0.15, -0.1) is 0 Å². The minimum Gasteiger partial charge on any atom is -0.457 e. The van der Waals surface area contributed by atoms with Crippen LogP contribution in [0.15, 0.2) is 67.0 Å². The van der Waals surface area contributed by atoms with E-state index in [0.29, 0.717) is 41.0 Å². The van der Waals surface area contributed by atoms with Gasteiger partial charge in [0.2, 0.25) is 0 Å². The van der Waals surface area contributed by atoms with E-state index in [1.807, 2.05) is 68.4 Å². The SMILES string of the molecule is CCCC(=O)CCNC(=O)Nc1cn2ncc(C#N)c(Nc3ccc(Oc4ccccc4)cc3)c2c1C. The van der Waals surface area contributed by atoms with E-state index < -0.39 is 6.03 Å². The molecule has 0 fully saturated rings. The Hall–Kier alpha value is -4.84. The van der Waals surface area contributed by atoms with Crippen molar-refractivity contribution >= 4 is 34.4 Å². The molecule has 2 aromatic carbocycles. The molecule has 0 aliphatic carbocycles. The molecular weight excluding hydrogens is 468 g/mol. The third kappa shape index (κ3) is 6.24. The molecular formula is C28H28N6O3. The molecule has 2 aromatic heterocycles. The number of carbonyl (C=O) groups excluding carboxylic acids is 2. The van der Waals surface area contributed by atoms with Crippen molar-refractivity contribution < 1.29 is 14.3 Å². The number of ether oxygens (including phenoxy) is 1. The molecule has 0 saturated heterocycles. The van der Waals surface area contributed by atoms with Gasteiger partial charge >= 0.3 is 6.03 Å². The smallest absolute Gasteiger partial charge is 0.319 e. The Labute approximate surface area is 215 Å². The molecule has 188 valence electrons. The number of anilines is 3. The average molecular weight is 497 g/mol. The van der Waals surface area contributed by atoms with E-state index in [9.17, 15) is 14.9 Å². The Morgan fingerprint density at radius 1 is 1.05 bits per heavy atom. The Balaban J connectivity index is 1.51. The number of hydrogen-bond acceptors (Lipinski definition) is 6. The van der Waals surface area contributed by atoms with Crippen molar-refractivity contribution in [3.63, 3.8) is 0 Å². The molecule has 9 heteroatoms. The standard InChI is InChI=1S/C28H28N6O3/c1-3-7-22(35)14-15-30-28(36)33-25-18-34-27(19(25)2)26(20(16-29)17-31-34)32-21-10-12-24(13-11-21)37-23-8-5-4-6-9-23/h4-6,8-13,17-18,32H,3,7,14-15H2,1-2H3,(H2,30,33,36). The highest BCUT2D eigenvalue weighted by Crippen LogP contribution is 2.33. The van der Waals surface area contributed by atoms with Gasteiger partial charge < -0.3 is 20.7 Å². The lowest BCUT2D eigenvalue weighted by molar-refractivity contribution is -0.118. The molecule has 0 saturated carbocycles. The minimum absolute atomic E-state index is 0.122. The summed E-state index contributed by atoms with van der Waals surface area (Å²) >= 11 is 0. The van der Waals surface area contributed by atoms with Gasteiger partial charge in [-0.3, -0.25) is 4.79 Å². The number of nitrogens with one attached hydrogen (secondary N) is 3. The number of ketones is 1. The summed E-state index contributed by atoms with van der Waals surface area (Å²) in [5.41, 5.74) is 3.66. The van der Waals surface area contributed by atoms with Crippen molar-refractivity contribution in [3.8, 4) is 17.6 Å². The molecule has 3 N–H and O–H groups in total. The number of urea groups is 1. The van der Waals surface area contributed by atoms with Crippen LogP contribution in [0.2, 0.25) is 0 Å². The van der Waals surface area contributed by atoms with E-state index in [1.54, 1.807) is 10.7 Å². The molecule has 4 aromatic rings. The number of amides is 2. The first-order chi connectivity index (χ1) is 18.0. The number of fused-ring (bicyclic) bond motifs is 1. The Bertz CT molecular complexity index is 1440. The third-order valence-electron chi connectivity index (χ3n) is 5.75. The highest BCUT2D eigenvalue weighted by Gasteiger charge is 2.17. The number of benzene rings is 2. The summed E-state index contributed by atoms with van der Waals surface area (Å²) in [5, 5.41) is 22.9. The van der Waals surface area contributed by atoms with Crippen molar-refractivity contribution in [2.24, 2.45) is 0 Å². The fourth-order valence-corrected chi connectivity index (χ4v) is 3.89. The topological polar surface area (TPSA) is 121 Å². The van der Waals surface area contributed by atoms with Crippen LogP contribution in [0.25, 0.3) is 5.52 Å². The summed E-state index contributed by atoms with van der Waals surface area (Å²) in [6.07, 6.45) is 4.77. The van der Waals surface area contributed by atoms with Crippen molar-refractivity contribution in [3.05, 3.63) is 78.1 Å². The Morgan fingerprint density at radius 2 is 1.78 bits per heavy atom. The van der Waals surface area contributed by atoms with E-state index in [-0.39, 0.29) is 12.3 Å². The van der Waals surface area contributed by atoms with Gasteiger partial charge in [-0.05, 0) is 49.7 Å². The summed E-state index contributed by atoms with van der Waals surface area (Å²) in [6, 6.07) is 18.7. The zero-order valence-corrected chi connectivity index (χ0v) is 20.7. The minimum atomic E-state index is -0.410. The van der Waals surface area contributed by atoms with Gasteiger partial charge in [-0.25, -0.2) is 9.31 Å². The van der Waals surface area contributed by atoms with Gasteiger partial charge in [0.1, 0.15) is 23.4 Å². The van der Waals surface area contributed by atoms with Crippen LogP contribution in [0, 0.1) is 18.3 Å². The number of rotatable bonds is 10. The van der Waals surface area contributed by atoms with Crippen molar-refractivity contribution in [1.82, 2.24) is 14.9 Å². The number of nitriles is 1. The normalized spacial score (nSPS) is 10.5. The van der Waals surface area contributed by atoms with E-state index in [4.69, 9.17) is 4.74 Å². The zero-order valence-electron chi connectivity index (χ0n) is 20.7. The van der Waals surface area contributed by atoms with Crippen molar-refractivity contribution in [2.75, 3.05) is 17.2 Å². The number of para-hydroxylation sites is 1. The largest absolute Gasteiger partial charge is 0.457 e. The molecule has 9 nitrogen and oxygen atoms in total. The van der Waals surface area contributed by atoms with Gasteiger partial charge in [-0.1, -0.05) is 25.1 Å². The fourth-order valence-electron chi connectivity index (χ4n) is 3.89. The highest BCUT2D eigenvalue weighted by atomic mass is 16.5.